The topological polar surface area (TPSA) is 84.5 Å². The first-order valence-corrected chi connectivity index (χ1v) is 7.58. The summed E-state index contributed by atoms with van der Waals surface area (Å²) in [5.74, 6) is 0.203. The average molecular weight is 282 g/mol. The Morgan fingerprint density at radius 2 is 2.11 bits per heavy atom. The smallest absolute Gasteiger partial charge is 0.265 e. The fourth-order valence-electron chi connectivity index (χ4n) is 1.84. The lowest BCUT2D eigenvalue weighted by atomic mass is 10.2. The molecular weight excluding hydrogens is 268 g/mol. The van der Waals surface area contributed by atoms with Gasteiger partial charge in [0.15, 0.2) is 6.10 Å². The van der Waals surface area contributed by atoms with Gasteiger partial charge in [-0.2, -0.15) is 0 Å². The molecular formula is C12H14N2O4S. The van der Waals surface area contributed by atoms with Gasteiger partial charge in [-0.25, -0.2) is 13.1 Å². The van der Waals surface area contributed by atoms with Crippen molar-refractivity contribution in [3.8, 4) is 5.75 Å². The van der Waals surface area contributed by atoms with Gasteiger partial charge in [-0.15, -0.1) is 0 Å². The Morgan fingerprint density at radius 3 is 2.79 bits per heavy atom. The number of nitrogens with one attached hydrogen (secondary N) is 2. The molecule has 2 N–H and O–H groups in total. The van der Waals surface area contributed by atoms with Crippen molar-refractivity contribution >= 4 is 21.6 Å². The quantitative estimate of drug-likeness (QED) is 0.860. The van der Waals surface area contributed by atoms with Crippen LogP contribution < -0.4 is 14.8 Å². The highest BCUT2D eigenvalue weighted by molar-refractivity contribution is 7.89. The first-order valence-electron chi connectivity index (χ1n) is 6.09. The summed E-state index contributed by atoms with van der Waals surface area (Å²) in [5, 5.41) is 2.63. The van der Waals surface area contributed by atoms with E-state index < -0.39 is 16.1 Å². The normalized spacial score (nSPS) is 22.4. The summed E-state index contributed by atoms with van der Waals surface area (Å²) < 4.78 is 32.1. The molecule has 1 aliphatic carbocycles. The fraction of sp³-hybridized carbons (Fsp3) is 0.417. The van der Waals surface area contributed by atoms with Crippen LogP contribution in [0.2, 0.25) is 0 Å². The number of carbonyl (C=O) groups is 1. The molecule has 1 atom stereocenters. The minimum Gasteiger partial charge on any atom is -0.479 e. The number of hydrogen-bond donors (Lipinski definition) is 2. The molecule has 6 nitrogen and oxygen atoms in total. The summed E-state index contributed by atoms with van der Waals surface area (Å²) in [6.45, 7) is 1.64. The molecule has 1 aromatic carbocycles. The Bertz CT molecular complexity index is 637. The lowest BCUT2D eigenvalue weighted by Crippen LogP contribution is -2.34. The molecule has 3 rings (SSSR count). The number of ether oxygens (including phenoxy) is 1. The van der Waals surface area contributed by atoms with Gasteiger partial charge in [-0.1, -0.05) is 0 Å². The molecule has 7 heteroatoms. The van der Waals surface area contributed by atoms with Crippen LogP contribution in [-0.4, -0.2) is 26.5 Å². The van der Waals surface area contributed by atoms with Gasteiger partial charge in [0.05, 0.1) is 10.6 Å². The predicted molar refractivity (Wildman–Crippen MR) is 68.5 cm³/mol. The standard InChI is InChI=1S/C12H14N2O4S/c1-7-12(15)13-10-6-9(4-5-11(10)18-7)19(16,17)14-8-2-3-8/h4-8,14H,2-3H2,1H3,(H,13,15). The van der Waals surface area contributed by atoms with E-state index in [1.165, 1.54) is 12.1 Å². The fourth-order valence-corrected chi connectivity index (χ4v) is 3.17. The molecule has 1 amide bonds. The highest BCUT2D eigenvalue weighted by atomic mass is 32.2. The van der Waals surface area contributed by atoms with Gasteiger partial charge in [0, 0.05) is 6.04 Å². The molecule has 1 unspecified atom stereocenters. The molecule has 19 heavy (non-hydrogen) atoms. The Labute approximate surface area is 111 Å². The van der Waals surface area contributed by atoms with Crippen molar-refractivity contribution in [2.45, 2.75) is 36.8 Å². The van der Waals surface area contributed by atoms with Crippen molar-refractivity contribution < 1.29 is 17.9 Å². The van der Waals surface area contributed by atoms with E-state index in [0.717, 1.165) is 12.8 Å². The van der Waals surface area contributed by atoms with E-state index >= 15 is 0 Å². The number of anilines is 1. The molecule has 102 valence electrons. The zero-order chi connectivity index (χ0) is 13.6. The SMILES string of the molecule is CC1Oc2ccc(S(=O)(=O)NC3CC3)cc2NC1=O. The first-order chi connectivity index (χ1) is 8.95. The number of hydrogen-bond acceptors (Lipinski definition) is 4. The molecule has 0 radical (unpaired) electrons. The van der Waals surface area contributed by atoms with E-state index in [1.54, 1.807) is 13.0 Å². The third-order valence-corrected chi connectivity index (χ3v) is 4.61. The number of benzene rings is 1. The van der Waals surface area contributed by atoms with Crippen LogP contribution in [0.5, 0.6) is 5.75 Å². The van der Waals surface area contributed by atoms with E-state index in [4.69, 9.17) is 4.74 Å². The van der Waals surface area contributed by atoms with Gasteiger partial charge >= 0.3 is 0 Å². The number of rotatable bonds is 3. The highest BCUT2D eigenvalue weighted by Gasteiger charge is 2.30. The van der Waals surface area contributed by atoms with Crippen LogP contribution in [-0.2, 0) is 14.8 Å². The van der Waals surface area contributed by atoms with E-state index in [1.807, 2.05) is 0 Å². The second kappa shape index (κ2) is 4.21. The van der Waals surface area contributed by atoms with Gasteiger partial charge in [-0.05, 0) is 38.0 Å². The average Bonchev–Trinajstić information content (AvgIpc) is 3.13. The van der Waals surface area contributed by atoms with Gasteiger partial charge in [0.1, 0.15) is 5.75 Å². The monoisotopic (exact) mass is 282 g/mol. The van der Waals surface area contributed by atoms with Crippen molar-refractivity contribution in [1.29, 1.82) is 0 Å². The Balaban J connectivity index is 1.93. The number of carbonyl (C=O) groups excluding carboxylic acids is 1. The Kier molecular flexibility index (Phi) is 2.75. The summed E-state index contributed by atoms with van der Waals surface area (Å²) >= 11 is 0. The summed E-state index contributed by atoms with van der Waals surface area (Å²) in [6.07, 6.45) is 1.18. The molecule has 1 saturated carbocycles. The molecule has 0 spiro atoms. The van der Waals surface area contributed by atoms with E-state index in [2.05, 4.69) is 10.0 Å². The van der Waals surface area contributed by atoms with Gasteiger partial charge < -0.3 is 10.1 Å². The maximum absolute atomic E-state index is 12.0. The third kappa shape index (κ3) is 2.43. The molecule has 0 bridgehead atoms. The minimum atomic E-state index is -3.52. The van der Waals surface area contributed by atoms with Crippen molar-refractivity contribution in [1.82, 2.24) is 4.72 Å². The van der Waals surface area contributed by atoms with Crippen LogP contribution in [0.15, 0.2) is 23.1 Å². The molecule has 1 aliphatic heterocycles. The van der Waals surface area contributed by atoms with E-state index in [9.17, 15) is 13.2 Å². The van der Waals surface area contributed by atoms with E-state index in [0.29, 0.717) is 11.4 Å². The molecule has 0 saturated heterocycles. The number of sulfonamides is 1. The number of amides is 1. The molecule has 2 aliphatic rings. The summed E-state index contributed by atoms with van der Waals surface area (Å²) in [4.78, 5) is 11.6. The van der Waals surface area contributed by atoms with Crippen molar-refractivity contribution in [3.05, 3.63) is 18.2 Å². The Morgan fingerprint density at radius 1 is 1.37 bits per heavy atom. The second-order valence-electron chi connectivity index (χ2n) is 4.80. The first kappa shape index (κ1) is 12.4. The van der Waals surface area contributed by atoms with Crippen LogP contribution >= 0.6 is 0 Å². The molecule has 1 heterocycles. The predicted octanol–water partition coefficient (Wildman–Crippen LogP) is 0.847. The molecule has 0 aromatic heterocycles. The Hall–Kier alpha value is -1.60. The van der Waals surface area contributed by atoms with Gasteiger partial charge in [-0.3, -0.25) is 4.79 Å². The lowest BCUT2D eigenvalue weighted by Gasteiger charge is -2.23. The van der Waals surface area contributed by atoms with Crippen molar-refractivity contribution in [2.24, 2.45) is 0 Å². The van der Waals surface area contributed by atoms with Crippen LogP contribution in [0, 0.1) is 0 Å². The maximum Gasteiger partial charge on any atom is 0.265 e. The van der Waals surface area contributed by atoms with Crippen LogP contribution in [0.3, 0.4) is 0 Å². The number of fused-ring (bicyclic) bond motifs is 1. The van der Waals surface area contributed by atoms with Gasteiger partial charge in [0.25, 0.3) is 5.91 Å². The zero-order valence-electron chi connectivity index (χ0n) is 10.3. The largest absolute Gasteiger partial charge is 0.479 e. The van der Waals surface area contributed by atoms with Crippen molar-refractivity contribution in [3.63, 3.8) is 0 Å². The van der Waals surface area contributed by atoms with Crippen molar-refractivity contribution in [2.75, 3.05) is 5.32 Å². The molecule has 1 aromatic rings. The summed E-state index contributed by atoms with van der Waals surface area (Å²) in [6, 6.07) is 4.51. The molecule has 1 fully saturated rings. The minimum absolute atomic E-state index is 0.0481. The van der Waals surface area contributed by atoms with Crippen LogP contribution in [0.25, 0.3) is 0 Å². The summed E-state index contributed by atoms with van der Waals surface area (Å²) in [7, 11) is -3.52. The van der Waals surface area contributed by atoms with E-state index in [-0.39, 0.29) is 16.8 Å². The summed E-state index contributed by atoms with van der Waals surface area (Å²) in [5.41, 5.74) is 0.391. The third-order valence-electron chi connectivity index (χ3n) is 3.09. The zero-order valence-corrected chi connectivity index (χ0v) is 11.2. The van der Waals surface area contributed by atoms with Gasteiger partial charge in [0.2, 0.25) is 10.0 Å². The van der Waals surface area contributed by atoms with Crippen LogP contribution in [0.4, 0.5) is 5.69 Å². The lowest BCUT2D eigenvalue weighted by molar-refractivity contribution is -0.122. The maximum atomic E-state index is 12.0. The highest BCUT2D eigenvalue weighted by Crippen LogP contribution is 2.32. The second-order valence-corrected chi connectivity index (χ2v) is 6.52. The van der Waals surface area contributed by atoms with Crippen LogP contribution in [0.1, 0.15) is 19.8 Å².